The molecule has 1 atom stereocenters. The average molecular weight is 233 g/mol. The summed E-state index contributed by atoms with van der Waals surface area (Å²) in [6, 6.07) is 3.44. The van der Waals surface area contributed by atoms with E-state index in [9.17, 15) is 23.1 Å². The number of aromatic hydroxyl groups is 1. The van der Waals surface area contributed by atoms with Crippen LogP contribution in [0.5, 0.6) is 5.75 Å². The van der Waals surface area contributed by atoms with Gasteiger partial charge in [-0.1, -0.05) is 12.1 Å². The number of hydrogen-bond donors (Lipinski definition) is 2. The molecule has 16 heavy (non-hydrogen) atoms. The van der Waals surface area contributed by atoms with Crippen LogP contribution in [0, 0.1) is 0 Å². The highest BCUT2D eigenvalue weighted by molar-refractivity contribution is 5.96. The Hall–Kier alpha value is -1.72. The zero-order valence-corrected chi connectivity index (χ0v) is 8.38. The summed E-state index contributed by atoms with van der Waals surface area (Å²) < 4.78 is 36.4. The van der Waals surface area contributed by atoms with E-state index < -0.39 is 18.1 Å². The fraction of sp³-hybridized carbons (Fsp3) is 0.300. The van der Waals surface area contributed by atoms with Gasteiger partial charge in [-0.15, -0.1) is 0 Å². The minimum atomic E-state index is -4.50. The molecule has 2 N–H and O–H groups in total. The number of amides is 1. The molecule has 0 bridgehead atoms. The number of phenolic OH excluding ortho intramolecular Hbond substituents is 1. The standard InChI is InChI=1S/C10H10F3NO2/c1-6(10(11,12)13)14-9(16)7-4-2-3-5-8(7)15/h2-6,15H,1H3,(H,14,16). The van der Waals surface area contributed by atoms with Crippen LogP contribution in [0.4, 0.5) is 13.2 Å². The smallest absolute Gasteiger partial charge is 0.408 e. The van der Waals surface area contributed by atoms with Crippen LogP contribution in [0.3, 0.4) is 0 Å². The van der Waals surface area contributed by atoms with Crippen molar-refractivity contribution >= 4 is 5.91 Å². The van der Waals surface area contributed by atoms with Gasteiger partial charge in [-0.2, -0.15) is 13.2 Å². The summed E-state index contributed by atoms with van der Waals surface area (Å²) in [7, 11) is 0. The van der Waals surface area contributed by atoms with Crippen LogP contribution in [-0.2, 0) is 0 Å². The lowest BCUT2D eigenvalue weighted by Gasteiger charge is -2.17. The van der Waals surface area contributed by atoms with Crippen molar-refractivity contribution in [1.29, 1.82) is 0 Å². The highest BCUT2D eigenvalue weighted by atomic mass is 19.4. The van der Waals surface area contributed by atoms with Crippen molar-refractivity contribution in [3.8, 4) is 5.75 Å². The van der Waals surface area contributed by atoms with Gasteiger partial charge in [0.15, 0.2) is 0 Å². The third-order valence-electron chi connectivity index (χ3n) is 1.99. The fourth-order valence-corrected chi connectivity index (χ4v) is 1.02. The first kappa shape index (κ1) is 12.4. The maximum atomic E-state index is 12.1. The maximum absolute atomic E-state index is 12.1. The molecule has 0 fully saturated rings. The minimum absolute atomic E-state index is 0.182. The van der Waals surface area contributed by atoms with E-state index in [2.05, 4.69) is 0 Å². The zero-order valence-electron chi connectivity index (χ0n) is 8.38. The number of nitrogens with one attached hydrogen (secondary N) is 1. The van der Waals surface area contributed by atoms with Crippen LogP contribution in [0.15, 0.2) is 24.3 Å². The molecule has 1 rings (SSSR count). The van der Waals surface area contributed by atoms with Crippen molar-refractivity contribution in [3.63, 3.8) is 0 Å². The normalized spacial score (nSPS) is 13.2. The van der Waals surface area contributed by atoms with Gasteiger partial charge in [-0.05, 0) is 19.1 Å². The maximum Gasteiger partial charge on any atom is 0.408 e. The first-order chi connectivity index (χ1) is 7.32. The second-order valence-corrected chi connectivity index (χ2v) is 3.25. The molecule has 6 heteroatoms. The predicted octanol–water partition coefficient (Wildman–Crippen LogP) is 2.07. The van der Waals surface area contributed by atoms with Crippen LogP contribution in [0.1, 0.15) is 17.3 Å². The Morgan fingerprint density at radius 1 is 1.38 bits per heavy atom. The lowest BCUT2D eigenvalue weighted by Crippen LogP contribution is -2.43. The Morgan fingerprint density at radius 2 is 1.94 bits per heavy atom. The zero-order chi connectivity index (χ0) is 12.3. The van der Waals surface area contributed by atoms with Gasteiger partial charge < -0.3 is 10.4 Å². The average Bonchev–Trinajstić information content (AvgIpc) is 2.16. The van der Waals surface area contributed by atoms with Crippen LogP contribution in [0.25, 0.3) is 0 Å². The number of phenols is 1. The highest BCUT2D eigenvalue weighted by Crippen LogP contribution is 2.21. The fourth-order valence-electron chi connectivity index (χ4n) is 1.02. The second-order valence-electron chi connectivity index (χ2n) is 3.25. The Morgan fingerprint density at radius 3 is 2.44 bits per heavy atom. The minimum Gasteiger partial charge on any atom is -0.507 e. The predicted molar refractivity (Wildman–Crippen MR) is 51.1 cm³/mol. The molecule has 1 amide bonds. The van der Waals surface area contributed by atoms with Crippen molar-refractivity contribution in [2.24, 2.45) is 0 Å². The number of alkyl halides is 3. The third kappa shape index (κ3) is 2.88. The Balaban J connectivity index is 2.78. The quantitative estimate of drug-likeness (QED) is 0.821. The number of hydrogen-bond acceptors (Lipinski definition) is 2. The molecule has 0 spiro atoms. The number of halogens is 3. The van der Waals surface area contributed by atoms with E-state index in [4.69, 9.17) is 0 Å². The molecule has 3 nitrogen and oxygen atoms in total. The van der Waals surface area contributed by atoms with Gasteiger partial charge in [-0.25, -0.2) is 0 Å². The number of carbonyl (C=O) groups excluding carboxylic acids is 1. The van der Waals surface area contributed by atoms with Crippen LogP contribution in [0.2, 0.25) is 0 Å². The number of carbonyl (C=O) groups is 1. The largest absolute Gasteiger partial charge is 0.507 e. The lowest BCUT2D eigenvalue weighted by molar-refractivity contribution is -0.149. The number of para-hydroxylation sites is 1. The molecule has 0 radical (unpaired) electrons. The SMILES string of the molecule is CC(NC(=O)c1ccccc1O)C(F)(F)F. The summed E-state index contributed by atoms with van der Waals surface area (Å²) in [6.45, 7) is 0.831. The molecule has 0 aliphatic carbocycles. The van der Waals surface area contributed by atoms with E-state index in [1.165, 1.54) is 24.3 Å². The van der Waals surface area contributed by atoms with Gasteiger partial charge in [-0.3, -0.25) is 4.79 Å². The molecule has 1 aromatic carbocycles. The van der Waals surface area contributed by atoms with Crippen molar-refractivity contribution in [1.82, 2.24) is 5.32 Å². The molecule has 0 aliphatic rings. The summed E-state index contributed by atoms with van der Waals surface area (Å²) in [5, 5.41) is 11.0. The van der Waals surface area contributed by atoms with Crippen LogP contribution in [-0.4, -0.2) is 23.2 Å². The molecular formula is C10H10F3NO2. The Kier molecular flexibility index (Phi) is 3.41. The lowest BCUT2D eigenvalue weighted by atomic mass is 10.2. The van der Waals surface area contributed by atoms with E-state index in [0.717, 1.165) is 6.92 Å². The van der Waals surface area contributed by atoms with Crippen LogP contribution >= 0.6 is 0 Å². The van der Waals surface area contributed by atoms with E-state index in [1.807, 2.05) is 0 Å². The van der Waals surface area contributed by atoms with E-state index >= 15 is 0 Å². The van der Waals surface area contributed by atoms with Crippen molar-refractivity contribution < 1.29 is 23.1 Å². The van der Waals surface area contributed by atoms with Crippen molar-refractivity contribution in [2.45, 2.75) is 19.1 Å². The second kappa shape index (κ2) is 4.42. The molecule has 1 aromatic rings. The highest BCUT2D eigenvalue weighted by Gasteiger charge is 2.37. The van der Waals surface area contributed by atoms with Gasteiger partial charge in [0.1, 0.15) is 11.8 Å². The van der Waals surface area contributed by atoms with E-state index in [-0.39, 0.29) is 11.3 Å². The van der Waals surface area contributed by atoms with Gasteiger partial charge in [0.2, 0.25) is 0 Å². The van der Waals surface area contributed by atoms with Gasteiger partial charge in [0, 0.05) is 0 Å². The number of rotatable bonds is 2. The third-order valence-corrected chi connectivity index (χ3v) is 1.99. The molecule has 0 heterocycles. The Bertz CT molecular complexity index is 390. The Labute approximate surface area is 89.9 Å². The molecule has 0 saturated heterocycles. The molecule has 0 aromatic heterocycles. The molecule has 0 aliphatic heterocycles. The van der Waals surface area contributed by atoms with Crippen molar-refractivity contribution in [3.05, 3.63) is 29.8 Å². The van der Waals surface area contributed by atoms with Gasteiger partial charge in [0.25, 0.3) is 5.91 Å². The first-order valence-corrected chi connectivity index (χ1v) is 4.48. The molecular weight excluding hydrogens is 223 g/mol. The summed E-state index contributed by atoms with van der Waals surface area (Å²) in [4.78, 5) is 11.4. The summed E-state index contributed by atoms with van der Waals surface area (Å²) >= 11 is 0. The van der Waals surface area contributed by atoms with E-state index in [0.29, 0.717) is 0 Å². The van der Waals surface area contributed by atoms with Gasteiger partial charge >= 0.3 is 6.18 Å². The van der Waals surface area contributed by atoms with Crippen LogP contribution < -0.4 is 5.32 Å². The monoisotopic (exact) mass is 233 g/mol. The number of benzene rings is 1. The van der Waals surface area contributed by atoms with Gasteiger partial charge in [0.05, 0.1) is 5.56 Å². The molecule has 0 saturated carbocycles. The summed E-state index contributed by atoms with van der Waals surface area (Å²) in [5.41, 5.74) is -0.182. The summed E-state index contributed by atoms with van der Waals surface area (Å²) in [6.07, 6.45) is -4.50. The van der Waals surface area contributed by atoms with E-state index in [1.54, 1.807) is 5.32 Å². The molecule has 88 valence electrons. The topological polar surface area (TPSA) is 49.3 Å². The van der Waals surface area contributed by atoms with Crippen molar-refractivity contribution in [2.75, 3.05) is 0 Å². The first-order valence-electron chi connectivity index (χ1n) is 4.48. The molecule has 1 unspecified atom stereocenters. The summed E-state index contributed by atoms with van der Waals surface area (Å²) in [5.74, 6) is -1.31.